The second-order valence-electron chi connectivity index (χ2n) is 2.51. The largest absolute Gasteiger partial charge is 0.481 e. The average Bonchev–Trinajstić information content (AvgIpc) is 2.18. The standard InChI is InChI=1S/C8H8F3NO.C2H6/c1-5-3-4-12-7(13-2)6(5)8(9,10)11;1-2/h3-4H,1-2H3;1-2H3. The third-order valence-corrected chi connectivity index (χ3v) is 1.60. The van der Waals surface area contributed by atoms with Crippen LogP contribution in [0.3, 0.4) is 0 Å². The number of methoxy groups -OCH3 is 1. The second-order valence-corrected chi connectivity index (χ2v) is 2.51. The van der Waals surface area contributed by atoms with Crippen molar-refractivity contribution in [3.63, 3.8) is 0 Å². The lowest BCUT2D eigenvalue weighted by atomic mass is 10.1. The summed E-state index contributed by atoms with van der Waals surface area (Å²) in [6.45, 7) is 5.37. The number of hydrogen-bond acceptors (Lipinski definition) is 2. The first kappa shape index (κ1) is 13.7. The Balaban J connectivity index is 0.000000921. The van der Waals surface area contributed by atoms with Gasteiger partial charge in [0.15, 0.2) is 0 Å². The molecule has 0 saturated heterocycles. The number of alkyl halides is 3. The summed E-state index contributed by atoms with van der Waals surface area (Å²) in [4.78, 5) is 3.48. The molecular weight excluding hydrogens is 207 g/mol. The summed E-state index contributed by atoms with van der Waals surface area (Å²) >= 11 is 0. The Morgan fingerprint density at radius 1 is 1.27 bits per heavy atom. The fourth-order valence-corrected chi connectivity index (χ4v) is 1.03. The number of aryl methyl sites for hydroxylation is 1. The summed E-state index contributed by atoms with van der Waals surface area (Å²) in [5.41, 5.74) is -0.697. The molecule has 0 saturated carbocycles. The molecule has 1 aromatic heterocycles. The number of rotatable bonds is 1. The highest BCUT2D eigenvalue weighted by atomic mass is 19.4. The molecule has 0 atom stereocenters. The maximum Gasteiger partial charge on any atom is 0.421 e. The zero-order valence-corrected chi connectivity index (χ0v) is 9.14. The maximum absolute atomic E-state index is 12.4. The van der Waals surface area contributed by atoms with Crippen LogP contribution in [0.25, 0.3) is 0 Å². The molecule has 1 heterocycles. The number of ether oxygens (including phenoxy) is 1. The van der Waals surface area contributed by atoms with Crippen molar-refractivity contribution in [2.75, 3.05) is 7.11 Å². The van der Waals surface area contributed by atoms with Gasteiger partial charge in [0.2, 0.25) is 5.88 Å². The van der Waals surface area contributed by atoms with Crippen molar-refractivity contribution in [1.82, 2.24) is 4.98 Å². The Labute approximate surface area is 87.1 Å². The van der Waals surface area contributed by atoms with E-state index in [0.717, 1.165) is 7.11 Å². The van der Waals surface area contributed by atoms with Crippen molar-refractivity contribution in [2.24, 2.45) is 0 Å². The van der Waals surface area contributed by atoms with Gasteiger partial charge in [-0.25, -0.2) is 4.98 Å². The molecule has 5 heteroatoms. The first-order valence-corrected chi connectivity index (χ1v) is 4.53. The minimum absolute atomic E-state index is 0.111. The lowest BCUT2D eigenvalue weighted by Gasteiger charge is -2.12. The molecule has 0 aromatic carbocycles. The summed E-state index contributed by atoms with van der Waals surface area (Å²) in [7, 11) is 1.16. The summed E-state index contributed by atoms with van der Waals surface area (Å²) in [5, 5.41) is 0. The van der Waals surface area contributed by atoms with Gasteiger partial charge in [0, 0.05) is 6.20 Å². The normalized spacial score (nSPS) is 10.3. The fourth-order valence-electron chi connectivity index (χ4n) is 1.03. The predicted octanol–water partition coefficient (Wildman–Crippen LogP) is 3.44. The van der Waals surface area contributed by atoms with Gasteiger partial charge in [0.1, 0.15) is 5.56 Å². The number of halogens is 3. The Morgan fingerprint density at radius 3 is 2.13 bits per heavy atom. The van der Waals surface area contributed by atoms with Crippen LogP contribution in [-0.4, -0.2) is 12.1 Å². The molecule has 0 aliphatic rings. The molecule has 0 radical (unpaired) electrons. The van der Waals surface area contributed by atoms with Crippen molar-refractivity contribution in [2.45, 2.75) is 26.9 Å². The van der Waals surface area contributed by atoms with Crippen molar-refractivity contribution in [3.8, 4) is 5.88 Å². The average molecular weight is 221 g/mol. The molecule has 0 amide bonds. The molecular formula is C10H14F3NO. The number of pyridine rings is 1. The van der Waals surface area contributed by atoms with Crippen LogP contribution in [0, 0.1) is 6.92 Å². The van der Waals surface area contributed by atoms with E-state index in [1.54, 1.807) is 0 Å². The van der Waals surface area contributed by atoms with Crippen LogP contribution in [0.5, 0.6) is 5.88 Å². The van der Waals surface area contributed by atoms with Gasteiger partial charge in [-0.05, 0) is 18.6 Å². The third kappa shape index (κ3) is 3.42. The summed E-state index contributed by atoms with van der Waals surface area (Å²) < 4.78 is 41.7. The van der Waals surface area contributed by atoms with Gasteiger partial charge >= 0.3 is 6.18 Å². The topological polar surface area (TPSA) is 22.1 Å². The second kappa shape index (κ2) is 5.58. The zero-order chi connectivity index (χ0) is 12.1. The molecule has 86 valence electrons. The summed E-state index contributed by atoms with van der Waals surface area (Å²) in [5.74, 6) is -0.382. The predicted molar refractivity (Wildman–Crippen MR) is 51.9 cm³/mol. The molecule has 0 N–H and O–H groups in total. The van der Waals surface area contributed by atoms with E-state index in [1.807, 2.05) is 13.8 Å². The van der Waals surface area contributed by atoms with E-state index in [4.69, 9.17) is 0 Å². The van der Waals surface area contributed by atoms with Crippen LogP contribution < -0.4 is 4.74 Å². The van der Waals surface area contributed by atoms with Gasteiger partial charge in [-0.1, -0.05) is 13.8 Å². The molecule has 1 aromatic rings. The minimum atomic E-state index is -4.41. The van der Waals surface area contributed by atoms with E-state index in [1.165, 1.54) is 19.2 Å². The highest BCUT2D eigenvalue weighted by molar-refractivity contribution is 5.35. The van der Waals surface area contributed by atoms with Gasteiger partial charge in [0.25, 0.3) is 0 Å². The van der Waals surface area contributed by atoms with Crippen LogP contribution in [-0.2, 0) is 6.18 Å². The molecule has 0 bridgehead atoms. The molecule has 0 aliphatic carbocycles. The van der Waals surface area contributed by atoms with E-state index in [9.17, 15) is 13.2 Å². The Morgan fingerprint density at radius 2 is 1.80 bits per heavy atom. The molecule has 0 fully saturated rings. The lowest BCUT2D eigenvalue weighted by Crippen LogP contribution is -2.10. The highest BCUT2D eigenvalue weighted by Crippen LogP contribution is 2.36. The monoisotopic (exact) mass is 221 g/mol. The fraction of sp³-hybridized carbons (Fsp3) is 0.500. The van der Waals surface area contributed by atoms with E-state index in [-0.39, 0.29) is 11.4 Å². The van der Waals surface area contributed by atoms with Crippen molar-refractivity contribution < 1.29 is 17.9 Å². The number of hydrogen-bond donors (Lipinski definition) is 0. The lowest BCUT2D eigenvalue weighted by molar-refractivity contribution is -0.139. The third-order valence-electron chi connectivity index (χ3n) is 1.60. The first-order valence-electron chi connectivity index (χ1n) is 4.53. The van der Waals surface area contributed by atoms with E-state index in [0.29, 0.717) is 0 Å². The van der Waals surface area contributed by atoms with Crippen LogP contribution in [0.1, 0.15) is 25.0 Å². The Hall–Kier alpha value is -1.26. The molecule has 0 spiro atoms. The van der Waals surface area contributed by atoms with Crippen LogP contribution in [0.15, 0.2) is 12.3 Å². The van der Waals surface area contributed by atoms with Gasteiger partial charge < -0.3 is 4.74 Å². The van der Waals surface area contributed by atoms with Crippen molar-refractivity contribution in [3.05, 3.63) is 23.4 Å². The molecule has 15 heavy (non-hydrogen) atoms. The van der Waals surface area contributed by atoms with Crippen molar-refractivity contribution >= 4 is 0 Å². The molecule has 0 aliphatic heterocycles. The Bertz CT molecular complexity index is 310. The zero-order valence-electron chi connectivity index (χ0n) is 9.14. The van der Waals surface area contributed by atoms with Gasteiger partial charge in [-0.2, -0.15) is 13.2 Å². The number of nitrogens with zero attached hydrogens (tertiary/aromatic N) is 1. The van der Waals surface area contributed by atoms with Crippen LogP contribution >= 0.6 is 0 Å². The maximum atomic E-state index is 12.4. The van der Waals surface area contributed by atoms with Gasteiger partial charge in [0.05, 0.1) is 7.11 Å². The summed E-state index contributed by atoms with van der Waals surface area (Å²) in [6.07, 6.45) is -3.13. The summed E-state index contributed by atoms with van der Waals surface area (Å²) in [6, 6.07) is 1.30. The van der Waals surface area contributed by atoms with Gasteiger partial charge in [-0.15, -0.1) is 0 Å². The number of aromatic nitrogens is 1. The smallest absolute Gasteiger partial charge is 0.421 e. The first-order chi connectivity index (χ1) is 6.96. The molecule has 0 unspecified atom stereocenters. The quantitative estimate of drug-likeness (QED) is 0.724. The minimum Gasteiger partial charge on any atom is -0.481 e. The van der Waals surface area contributed by atoms with E-state index >= 15 is 0 Å². The highest BCUT2D eigenvalue weighted by Gasteiger charge is 2.36. The van der Waals surface area contributed by atoms with Crippen LogP contribution in [0.2, 0.25) is 0 Å². The van der Waals surface area contributed by atoms with E-state index in [2.05, 4.69) is 9.72 Å². The molecule has 1 rings (SSSR count). The molecule has 2 nitrogen and oxygen atoms in total. The van der Waals surface area contributed by atoms with Crippen molar-refractivity contribution in [1.29, 1.82) is 0 Å². The van der Waals surface area contributed by atoms with Gasteiger partial charge in [-0.3, -0.25) is 0 Å². The Kier molecular flexibility index (Phi) is 5.11. The van der Waals surface area contributed by atoms with E-state index < -0.39 is 11.7 Å². The SMILES string of the molecule is CC.COc1nccc(C)c1C(F)(F)F. The van der Waals surface area contributed by atoms with Crippen LogP contribution in [0.4, 0.5) is 13.2 Å².